The van der Waals surface area contributed by atoms with Crippen LogP contribution in [-0.2, 0) is 6.54 Å². The lowest BCUT2D eigenvalue weighted by molar-refractivity contribution is 0.0629. The number of pyridine rings is 1. The van der Waals surface area contributed by atoms with Gasteiger partial charge in [-0.25, -0.2) is 4.98 Å². The van der Waals surface area contributed by atoms with Gasteiger partial charge in [-0.2, -0.15) is 4.68 Å². The van der Waals surface area contributed by atoms with Gasteiger partial charge in [0.05, 0.1) is 12.6 Å². The van der Waals surface area contributed by atoms with Crippen LogP contribution in [0, 0.1) is 13.8 Å². The third-order valence-electron chi connectivity index (χ3n) is 7.13. The molecule has 0 spiro atoms. The number of carbonyl (C=O) groups is 1. The monoisotopic (exact) mass is 579 g/mol. The first-order chi connectivity index (χ1) is 18.2. The first-order valence-electron chi connectivity index (χ1n) is 12.4. The molecule has 3 heterocycles. The zero-order valence-electron chi connectivity index (χ0n) is 21.5. The number of aromatic nitrogens is 2. The van der Waals surface area contributed by atoms with Gasteiger partial charge in [0.15, 0.2) is 0 Å². The molecule has 38 heavy (non-hydrogen) atoms. The Labute approximate surface area is 229 Å². The highest BCUT2D eigenvalue weighted by Gasteiger charge is 2.23. The van der Waals surface area contributed by atoms with Gasteiger partial charge in [-0.1, -0.05) is 22.0 Å². The minimum Gasteiger partial charge on any atom is -0.497 e. The Morgan fingerprint density at radius 2 is 1.66 bits per heavy atom. The van der Waals surface area contributed by atoms with Crippen LogP contribution in [0.3, 0.4) is 0 Å². The van der Waals surface area contributed by atoms with Crippen LogP contribution in [-0.4, -0.2) is 68.9 Å². The van der Waals surface area contributed by atoms with Crippen LogP contribution in [0.1, 0.15) is 27.0 Å². The summed E-state index contributed by atoms with van der Waals surface area (Å²) in [6.45, 7) is 6.91. The minimum atomic E-state index is -0.0599. The summed E-state index contributed by atoms with van der Waals surface area (Å²) in [5.74, 6) is 1.13. The Morgan fingerprint density at radius 1 is 1.00 bits per heavy atom. The van der Waals surface area contributed by atoms with Crippen molar-refractivity contribution in [3.63, 3.8) is 0 Å². The van der Waals surface area contributed by atoms with Crippen LogP contribution >= 0.6 is 15.9 Å². The predicted octanol–water partition coefficient (Wildman–Crippen LogP) is 4.67. The van der Waals surface area contributed by atoms with Crippen LogP contribution < -0.4 is 10.2 Å². The molecule has 3 N–H and O–H groups in total. The molecule has 5 rings (SSSR count). The van der Waals surface area contributed by atoms with Gasteiger partial charge in [-0.05, 0) is 61.9 Å². The number of hydrogen-bond acceptors (Lipinski definition) is 7. The van der Waals surface area contributed by atoms with E-state index in [0.717, 1.165) is 39.8 Å². The van der Waals surface area contributed by atoms with E-state index in [-0.39, 0.29) is 17.7 Å². The molecule has 2 aromatic heterocycles. The minimum absolute atomic E-state index is 0.0231. The summed E-state index contributed by atoms with van der Waals surface area (Å²) in [5, 5.41) is 22.0. The maximum absolute atomic E-state index is 13.0. The van der Waals surface area contributed by atoms with E-state index in [1.165, 1.54) is 4.68 Å². The number of ether oxygens (including phenoxy) is 1. The maximum atomic E-state index is 13.0. The lowest BCUT2D eigenvalue weighted by atomic mass is 10.1. The summed E-state index contributed by atoms with van der Waals surface area (Å²) < 4.78 is 7.34. The van der Waals surface area contributed by atoms with Crippen molar-refractivity contribution in [3.05, 3.63) is 75.3 Å². The van der Waals surface area contributed by atoms with Crippen molar-refractivity contribution in [1.29, 1.82) is 0 Å². The van der Waals surface area contributed by atoms with Crippen molar-refractivity contribution < 1.29 is 19.7 Å². The van der Waals surface area contributed by atoms with E-state index in [4.69, 9.17) is 9.72 Å². The van der Waals surface area contributed by atoms with Crippen LogP contribution in [0.25, 0.3) is 10.9 Å². The molecule has 198 valence electrons. The highest BCUT2D eigenvalue weighted by molar-refractivity contribution is 9.10. The van der Waals surface area contributed by atoms with E-state index in [1.54, 1.807) is 45.2 Å². The van der Waals surface area contributed by atoms with E-state index in [2.05, 4.69) is 26.3 Å². The van der Waals surface area contributed by atoms with Gasteiger partial charge < -0.3 is 19.8 Å². The number of methoxy groups -OCH3 is 1. The molecule has 0 radical (unpaired) electrons. The molecule has 1 saturated heterocycles. The van der Waals surface area contributed by atoms with Gasteiger partial charge in [-0.3, -0.25) is 15.1 Å². The summed E-state index contributed by atoms with van der Waals surface area (Å²) in [4.78, 5) is 21.9. The number of amides is 1. The van der Waals surface area contributed by atoms with E-state index in [0.29, 0.717) is 42.1 Å². The molecule has 0 saturated carbocycles. The Kier molecular flexibility index (Phi) is 7.18. The van der Waals surface area contributed by atoms with Gasteiger partial charge in [0.1, 0.15) is 11.6 Å². The maximum Gasteiger partial charge on any atom is 0.253 e. The van der Waals surface area contributed by atoms with Crippen molar-refractivity contribution in [2.45, 2.75) is 20.4 Å². The topological polar surface area (TPSA) is 103 Å². The standard InChI is InChI=1S/C28H30BrN5O4/c1-17-18(2)27(36)34(26(17)35)31-25-14-20(23-9-6-21(29)15-24(23)30-25)16-32-10-12-33(13-11-32)28(37)19-4-7-22(38-3)8-5-19/h4-9,14-15,35-36H,10-13,16H2,1-3H3,(H,30,31). The normalized spacial score (nSPS) is 14.2. The van der Waals surface area contributed by atoms with Gasteiger partial charge in [0.2, 0.25) is 11.8 Å². The average Bonchev–Trinajstić information content (AvgIpc) is 3.11. The number of rotatable bonds is 6. The average molecular weight is 580 g/mol. The molecule has 4 aromatic rings. The van der Waals surface area contributed by atoms with Gasteiger partial charge in [0, 0.05) is 59.3 Å². The molecule has 0 bridgehead atoms. The first-order valence-corrected chi connectivity index (χ1v) is 13.2. The van der Waals surface area contributed by atoms with Crippen molar-refractivity contribution >= 4 is 38.6 Å². The number of fused-ring (bicyclic) bond motifs is 1. The third-order valence-corrected chi connectivity index (χ3v) is 7.62. The molecule has 2 aromatic carbocycles. The largest absolute Gasteiger partial charge is 0.497 e. The highest BCUT2D eigenvalue weighted by Crippen LogP contribution is 2.33. The SMILES string of the molecule is COc1ccc(C(=O)N2CCN(Cc3cc(Nn4c(O)c(C)c(C)c4O)nc4cc(Br)ccc34)CC2)cc1. The van der Waals surface area contributed by atoms with Crippen molar-refractivity contribution in [2.24, 2.45) is 0 Å². The quantitative estimate of drug-likeness (QED) is 0.305. The molecule has 1 amide bonds. The number of carbonyl (C=O) groups excluding carboxylic acids is 1. The summed E-state index contributed by atoms with van der Waals surface area (Å²) in [7, 11) is 1.61. The van der Waals surface area contributed by atoms with Crippen molar-refractivity contribution in [1.82, 2.24) is 19.5 Å². The molecule has 1 aliphatic heterocycles. The molecular formula is C28H30BrN5O4. The lowest BCUT2D eigenvalue weighted by Crippen LogP contribution is -2.48. The van der Waals surface area contributed by atoms with E-state index in [1.807, 2.05) is 29.2 Å². The fourth-order valence-corrected chi connectivity index (χ4v) is 5.07. The second-order valence-electron chi connectivity index (χ2n) is 9.47. The molecule has 0 atom stereocenters. The number of piperazine rings is 1. The summed E-state index contributed by atoms with van der Waals surface area (Å²) >= 11 is 3.53. The first kappa shape index (κ1) is 25.9. The molecular weight excluding hydrogens is 550 g/mol. The number of nitrogens with zero attached hydrogens (tertiary/aromatic N) is 4. The smallest absolute Gasteiger partial charge is 0.253 e. The van der Waals surface area contributed by atoms with Crippen LogP contribution in [0.15, 0.2) is 53.0 Å². The Bertz CT molecular complexity index is 1470. The van der Waals surface area contributed by atoms with Gasteiger partial charge in [-0.15, -0.1) is 0 Å². The van der Waals surface area contributed by atoms with Gasteiger partial charge in [0.25, 0.3) is 5.91 Å². The number of anilines is 1. The van der Waals surface area contributed by atoms with E-state index in [9.17, 15) is 15.0 Å². The van der Waals surface area contributed by atoms with Crippen LogP contribution in [0.2, 0.25) is 0 Å². The predicted molar refractivity (Wildman–Crippen MR) is 150 cm³/mol. The second kappa shape index (κ2) is 10.5. The van der Waals surface area contributed by atoms with Gasteiger partial charge >= 0.3 is 0 Å². The zero-order valence-corrected chi connectivity index (χ0v) is 23.1. The number of aromatic hydroxyl groups is 2. The van der Waals surface area contributed by atoms with Crippen molar-refractivity contribution in [3.8, 4) is 17.5 Å². The van der Waals surface area contributed by atoms with Crippen LogP contribution in [0.5, 0.6) is 17.5 Å². The number of benzene rings is 2. The lowest BCUT2D eigenvalue weighted by Gasteiger charge is -2.35. The summed E-state index contributed by atoms with van der Waals surface area (Å²) in [5.41, 5.74) is 6.74. The summed E-state index contributed by atoms with van der Waals surface area (Å²) in [6.07, 6.45) is 0. The molecule has 0 aliphatic carbocycles. The molecule has 9 nitrogen and oxygen atoms in total. The molecule has 1 aliphatic rings. The Hall–Kier alpha value is -3.76. The molecule has 0 unspecified atom stereocenters. The Morgan fingerprint density at radius 3 is 2.29 bits per heavy atom. The third kappa shape index (κ3) is 5.01. The second-order valence-corrected chi connectivity index (χ2v) is 10.4. The molecule has 1 fully saturated rings. The van der Waals surface area contributed by atoms with Crippen molar-refractivity contribution in [2.75, 3.05) is 38.7 Å². The highest BCUT2D eigenvalue weighted by atomic mass is 79.9. The van der Waals surface area contributed by atoms with Crippen LogP contribution in [0.4, 0.5) is 5.82 Å². The fraction of sp³-hybridized carbons (Fsp3) is 0.286. The van der Waals surface area contributed by atoms with E-state index < -0.39 is 0 Å². The Balaban J connectivity index is 1.34. The number of hydrogen-bond donors (Lipinski definition) is 3. The zero-order chi connectivity index (χ0) is 27.0. The number of nitrogens with one attached hydrogen (secondary N) is 1. The number of halogens is 1. The summed E-state index contributed by atoms with van der Waals surface area (Å²) in [6, 6.07) is 15.1. The fourth-order valence-electron chi connectivity index (χ4n) is 4.72. The van der Waals surface area contributed by atoms with E-state index >= 15 is 0 Å². The molecule has 10 heteroatoms.